The van der Waals surface area contributed by atoms with Crippen LogP contribution in [-0.4, -0.2) is 78.4 Å². The molecule has 0 fully saturated rings. The molecule has 2 aromatic rings. The lowest BCUT2D eigenvalue weighted by molar-refractivity contribution is 0.0384. The van der Waals surface area contributed by atoms with Gasteiger partial charge in [-0.05, 0) is 36.1 Å². The number of aromatic carboxylic acids is 6. The van der Waals surface area contributed by atoms with Crippen LogP contribution in [0.1, 0.15) is 108 Å². The van der Waals surface area contributed by atoms with E-state index in [9.17, 15) is 69.0 Å². The van der Waals surface area contributed by atoms with Gasteiger partial charge in [0.2, 0.25) is 0 Å². The van der Waals surface area contributed by atoms with Gasteiger partial charge >= 0.3 is 47.8 Å². The summed E-state index contributed by atoms with van der Waals surface area (Å²) in [6.07, 6.45) is -0.777. The summed E-state index contributed by atoms with van der Waals surface area (Å²) < 4.78 is 4.59. The summed E-state index contributed by atoms with van der Waals surface area (Å²) in [5.41, 5.74) is -9.20. The van der Waals surface area contributed by atoms with E-state index < -0.39 is 103 Å². The highest BCUT2D eigenvalue weighted by molar-refractivity contribution is 6.16. The Morgan fingerprint density at radius 1 is 0.487 bits per heavy atom. The summed E-state index contributed by atoms with van der Waals surface area (Å²) in [5.74, 6) is -14.8. The van der Waals surface area contributed by atoms with Crippen LogP contribution in [0.3, 0.4) is 0 Å². The van der Waals surface area contributed by atoms with Crippen LogP contribution in [0.15, 0.2) is 12.1 Å². The van der Waals surface area contributed by atoms with Crippen molar-refractivity contribution in [1.82, 2.24) is 0 Å². The van der Waals surface area contributed by atoms with Crippen LogP contribution in [0.4, 0.5) is 0 Å². The van der Waals surface area contributed by atoms with Gasteiger partial charge in [-0.15, -0.1) is 0 Å². The Bertz CT molecular complexity index is 1380. The zero-order valence-corrected chi connectivity index (χ0v) is 19.9. The van der Waals surface area contributed by atoms with E-state index in [1.807, 2.05) is 0 Å². The summed E-state index contributed by atoms with van der Waals surface area (Å²) in [5, 5.41) is 57.1. The molecule has 0 aromatic heterocycles. The summed E-state index contributed by atoms with van der Waals surface area (Å²) >= 11 is 0. The molecular weight excluding hydrogens is 528 g/mol. The second kappa shape index (κ2) is 11.2. The lowest BCUT2D eigenvalue weighted by atomic mass is 9.89. The topological polar surface area (TPSA) is 267 Å². The first-order valence-electron chi connectivity index (χ1n) is 10.7. The molecule has 0 bridgehead atoms. The molecule has 0 spiro atoms. The third-order valence-corrected chi connectivity index (χ3v) is 5.51. The molecule has 39 heavy (non-hydrogen) atoms. The molecule has 2 rings (SSSR count). The van der Waals surface area contributed by atoms with Crippen LogP contribution in [0, 0.1) is 0 Å². The number of esters is 2. The second-order valence-electron chi connectivity index (χ2n) is 7.62. The molecule has 0 saturated heterocycles. The highest BCUT2D eigenvalue weighted by Gasteiger charge is 2.34. The molecule has 6 N–H and O–H groups in total. The fourth-order valence-electron chi connectivity index (χ4n) is 4.02. The van der Waals surface area contributed by atoms with Gasteiger partial charge in [-0.2, -0.15) is 0 Å². The SMILES string of the molecule is CCc1c(C(=O)O)c(C(=O)O)cc(C(=O)OC(=O)c2cc(C(=O)O)c(C(=O)O)c(CC)c2C(=O)O)c1C(=O)O. The van der Waals surface area contributed by atoms with Gasteiger partial charge in [-0.3, -0.25) is 0 Å². The van der Waals surface area contributed by atoms with Crippen molar-refractivity contribution < 1.29 is 73.7 Å². The van der Waals surface area contributed by atoms with E-state index >= 15 is 0 Å². The average Bonchev–Trinajstić information content (AvgIpc) is 2.84. The number of carboxylic acids is 6. The minimum atomic E-state index is -1.89. The van der Waals surface area contributed by atoms with Gasteiger partial charge in [-0.1, -0.05) is 13.8 Å². The molecule has 0 radical (unpaired) electrons. The second-order valence-corrected chi connectivity index (χ2v) is 7.62. The van der Waals surface area contributed by atoms with Crippen LogP contribution < -0.4 is 0 Å². The smallest absolute Gasteiger partial charge is 0.346 e. The maximum Gasteiger partial charge on any atom is 0.346 e. The normalized spacial score (nSPS) is 10.4. The number of hydrogen-bond acceptors (Lipinski definition) is 9. The third kappa shape index (κ3) is 5.41. The molecule has 0 aliphatic carbocycles. The van der Waals surface area contributed by atoms with Gasteiger partial charge in [0.15, 0.2) is 0 Å². The van der Waals surface area contributed by atoms with Crippen molar-refractivity contribution in [2.45, 2.75) is 26.7 Å². The van der Waals surface area contributed by atoms with E-state index in [0.29, 0.717) is 12.1 Å². The zero-order chi connectivity index (χ0) is 29.9. The Balaban J connectivity index is 2.85. The molecule has 204 valence electrons. The highest BCUT2D eigenvalue weighted by Crippen LogP contribution is 2.29. The van der Waals surface area contributed by atoms with Gasteiger partial charge < -0.3 is 35.4 Å². The fourth-order valence-corrected chi connectivity index (χ4v) is 4.02. The quantitative estimate of drug-likeness (QED) is 0.184. The number of carbonyl (C=O) groups excluding carboxylic acids is 2. The minimum absolute atomic E-state index is 0.357. The van der Waals surface area contributed by atoms with E-state index in [4.69, 9.17) is 0 Å². The molecule has 0 amide bonds. The number of carbonyl (C=O) groups is 8. The first-order valence-corrected chi connectivity index (χ1v) is 10.7. The van der Waals surface area contributed by atoms with E-state index in [2.05, 4.69) is 4.74 Å². The van der Waals surface area contributed by atoms with Crippen LogP contribution >= 0.6 is 0 Å². The van der Waals surface area contributed by atoms with Crippen molar-refractivity contribution in [2.24, 2.45) is 0 Å². The maximum absolute atomic E-state index is 12.9. The van der Waals surface area contributed by atoms with Gasteiger partial charge in [0, 0.05) is 0 Å². The van der Waals surface area contributed by atoms with Crippen molar-refractivity contribution in [1.29, 1.82) is 0 Å². The van der Waals surface area contributed by atoms with Gasteiger partial charge in [0.05, 0.1) is 44.5 Å². The van der Waals surface area contributed by atoms with E-state index in [1.165, 1.54) is 13.8 Å². The molecule has 2 aromatic carbocycles. The predicted octanol–water partition coefficient (Wildman–Crippen LogP) is 2.00. The van der Waals surface area contributed by atoms with Crippen molar-refractivity contribution >= 4 is 47.8 Å². The standard InChI is InChI=1S/C24H18O15/c1-3-7-13(19(29)30)9(17(25)26)5-11(15(7)21(33)34)23(37)39-24(38)12-6-10(18(27)28)14(20(31)32)8(4-2)16(12)22(35)36/h5-6H,3-4H2,1-2H3,(H,25,26)(H,27,28)(H,29,30)(H,31,32)(H,33,34)(H,35,36). The molecule has 0 heterocycles. The van der Waals surface area contributed by atoms with Crippen LogP contribution in [0.5, 0.6) is 0 Å². The molecule has 0 atom stereocenters. The molecule has 15 heteroatoms. The molecule has 0 aliphatic rings. The number of ether oxygens (including phenoxy) is 1. The number of rotatable bonds is 10. The van der Waals surface area contributed by atoms with Crippen molar-refractivity contribution in [2.75, 3.05) is 0 Å². The number of benzene rings is 2. The Labute approximate surface area is 216 Å². The number of hydrogen-bond donors (Lipinski definition) is 6. The zero-order valence-electron chi connectivity index (χ0n) is 19.9. The summed E-state index contributed by atoms with van der Waals surface area (Å²) in [7, 11) is 0. The fraction of sp³-hybridized carbons (Fsp3) is 0.167. The first-order chi connectivity index (χ1) is 18.1. The lowest BCUT2D eigenvalue weighted by Crippen LogP contribution is -2.24. The Hall–Kier alpha value is -5.60. The van der Waals surface area contributed by atoms with Gasteiger partial charge in [0.1, 0.15) is 0 Å². The van der Waals surface area contributed by atoms with Crippen LogP contribution in [0.2, 0.25) is 0 Å². The van der Waals surface area contributed by atoms with E-state index in [-0.39, 0.29) is 12.8 Å². The largest absolute Gasteiger partial charge is 0.478 e. The molecule has 0 saturated carbocycles. The Kier molecular flexibility index (Phi) is 8.51. The van der Waals surface area contributed by atoms with Crippen molar-refractivity contribution in [3.05, 3.63) is 67.8 Å². The van der Waals surface area contributed by atoms with Gasteiger partial charge in [-0.25, -0.2) is 38.4 Å². The highest BCUT2D eigenvalue weighted by atomic mass is 16.6. The van der Waals surface area contributed by atoms with Crippen molar-refractivity contribution in [3.8, 4) is 0 Å². The summed E-state index contributed by atoms with van der Waals surface area (Å²) in [4.78, 5) is 96.4. The predicted molar refractivity (Wildman–Crippen MR) is 123 cm³/mol. The molecule has 0 aliphatic heterocycles. The minimum Gasteiger partial charge on any atom is -0.478 e. The number of carboxylic acid groups (broad SMARTS) is 6. The first kappa shape index (κ1) is 29.6. The summed E-state index contributed by atoms with van der Waals surface area (Å²) in [6.45, 7) is 2.53. The Morgan fingerprint density at radius 2 is 0.744 bits per heavy atom. The maximum atomic E-state index is 12.9. The Morgan fingerprint density at radius 3 is 0.949 bits per heavy atom. The van der Waals surface area contributed by atoms with Gasteiger partial charge in [0.25, 0.3) is 0 Å². The lowest BCUT2D eigenvalue weighted by Gasteiger charge is -2.17. The third-order valence-electron chi connectivity index (χ3n) is 5.51. The molecular formula is C24H18O15. The van der Waals surface area contributed by atoms with E-state index in [1.54, 1.807) is 0 Å². The van der Waals surface area contributed by atoms with E-state index in [0.717, 1.165) is 0 Å². The monoisotopic (exact) mass is 546 g/mol. The van der Waals surface area contributed by atoms with Crippen molar-refractivity contribution in [3.63, 3.8) is 0 Å². The average molecular weight is 546 g/mol. The van der Waals surface area contributed by atoms with Crippen LogP contribution in [-0.2, 0) is 17.6 Å². The van der Waals surface area contributed by atoms with Crippen LogP contribution in [0.25, 0.3) is 0 Å². The summed E-state index contributed by atoms with van der Waals surface area (Å²) in [6, 6.07) is 0.714. The molecule has 15 nitrogen and oxygen atoms in total. The molecule has 0 unspecified atom stereocenters.